The zero-order valence-electron chi connectivity index (χ0n) is 19.2. The highest BCUT2D eigenvalue weighted by Crippen LogP contribution is 2.45. The summed E-state index contributed by atoms with van der Waals surface area (Å²) in [6.07, 6.45) is 0.155. The van der Waals surface area contributed by atoms with Crippen molar-refractivity contribution in [3.63, 3.8) is 0 Å². The largest absolute Gasteiger partial charge is 0.463 e. The van der Waals surface area contributed by atoms with Crippen molar-refractivity contribution in [1.29, 1.82) is 0 Å². The number of benzene rings is 2. The van der Waals surface area contributed by atoms with Crippen LogP contribution in [-0.2, 0) is 14.3 Å². The van der Waals surface area contributed by atoms with E-state index in [1.54, 1.807) is 19.1 Å². The summed E-state index contributed by atoms with van der Waals surface area (Å²) < 4.78 is 5.37. The Balaban J connectivity index is 1.62. The molecule has 0 radical (unpaired) electrons. The summed E-state index contributed by atoms with van der Waals surface area (Å²) in [6, 6.07) is 16.6. The van der Waals surface area contributed by atoms with Crippen molar-refractivity contribution in [1.82, 2.24) is 10.2 Å². The van der Waals surface area contributed by atoms with Crippen LogP contribution < -0.4 is 5.32 Å². The summed E-state index contributed by atoms with van der Waals surface area (Å²) in [5.74, 6) is -0.524. The quantitative estimate of drug-likeness (QED) is 0.495. The van der Waals surface area contributed by atoms with E-state index in [4.69, 9.17) is 16.3 Å². The Labute approximate surface area is 208 Å². The number of aliphatic imine (C=N–C) groups is 1. The van der Waals surface area contributed by atoms with Crippen molar-refractivity contribution >= 4 is 40.4 Å². The average Bonchev–Trinajstić information content (AvgIpc) is 3.21. The zero-order valence-corrected chi connectivity index (χ0v) is 20.8. The number of amides is 1. The normalized spacial score (nSPS) is 18.1. The number of hydrogen-bond acceptors (Lipinski definition) is 6. The minimum absolute atomic E-state index is 0.108. The first kappa shape index (κ1) is 24.1. The molecule has 0 unspecified atom stereocenters. The molecule has 2 heterocycles. The third-order valence-electron chi connectivity index (χ3n) is 5.70. The number of carbonyl (C=O) groups excluding carboxylic acids is 2. The fourth-order valence-corrected chi connectivity index (χ4v) is 5.17. The van der Waals surface area contributed by atoms with Gasteiger partial charge < -0.3 is 15.0 Å². The van der Waals surface area contributed by atoms with Crippen LogP contribution in [0.1, 0.15) is 50.4 Å². The summed E-state index contributed by atoms with van der Waals surface area (Å²) in [7, 11) is 0. The molecule has 0 saturated carbocycles. The predicted octanol–water partition coefficient (Wildman–Crippen LogP) is 5.75. The second-order valence-electron chi connectivity index (χ2n) is 8.04. The van der Waals surface area contributed by atoms with Gasteiger partial charge in [-0.15, -0.1) is 0 Å². The van der Waals surface area contributed by atoms with Gasteiger partial charge in [0, 0.05) is 10.7 Å². The SMILES string of the molecule is CCOC(=O)C1=C(C)N=C2SC=C(CC(=O)N[C@@H](C)c3ccccc3)N2[C@@H]1c1ccc(Cl)cc1. The van der Waals surface area contributed by atoms with Crippen LogP contribution in [0.25, 0.3) is 0 Å². The highest BCUT2D eigenvalue weighted by molar-refractivity contribution is 8.16. The van der Waals surface area contributed by atoms with Crippen LogP contribution >= 0.6 is 23.4 Å². The number of nitrogens with zero attached hydrogens (tertiary/aromatic N) is 2. The number of carbonyl (C=O) groups is 2. The van der Waals surface area contributed by atoms with Crippen molar-refractivity contribution in [3.8, 4) is 0 Å². The fraction of sp³-hybridized carbons (Fsp3) is 0.269. The first-order valence-electron chi connectivity index (χ1n) is 11.1. The summed E-state index contributed by atoms with van der Waals surface area (Å²) in [6.45, 7) is 5.81. The summed E-state index contributed by atoms with van der Waals surface area (Å²) in [5.41, 5.74) is 3.74. The number of hydrogen-bond donors (Lipinski definition) is 1. The summed E-state index contributed by atoms with van der Waals surface area (Å²) in [5, 5.41) is 6.32. The van der Waals surface area contributed by atoms with Gasteiger partial charge in [-0.25, -0.2) is 9.79 Å². The second-order valence-corrected chi connectivity index (χ2v) is 9.31. The number of fused-ring (bicyclic) bond motifs is 1. The molecule has 8 heteroatoms. The molecule has 34 heavy (non-hydrogen) atoms. The van der Waals surface area contributed by atoms with E-state index in [1.807, 2.05) is 66.6 Å². The topological polar surface area (TPSA) is 71.0 Å². The number of ether oxygens (including phenoxy) is 1. The predicted molar refractivity (Wildman–Crippen MR) is 136 cm³/mol. The molecule has 1 amide bonds. The molecular formula is C26H26ClN3O3S. The molecule has 2 atom stereocenters. The lowest BCUT2D eigenvalue weighted by Gasteiger charge is -2.36. The third kappa shape index (κ3) is 5.05. The van der Waals surface area contributed by atoms with Crippen molar-refractivity contribution < 1.29 is 14.3 Å². The Kier molecular flexibility index (Phi) is 7.44. The van der Waals surface area contributed by atoms with Gasteiger partial charge in [-0.05, 0) is 49.4 Å². The van der Waals surface area contributed by atoms with Gasteiger partial charge >= 0.3 is 5.97 Å². The number of thioether (sulfide) groups is 1. The first-order valence-corrected chi connectivity index (χ1v) is 12.4. The molecule has 0 aromatic heterocycles. The molecule has 6 nitrogen and oxygen atoms in total. The van der Waals surface area contributed by atoms with Crippen molar-refractivity contribution in [2.75, 3.05) is 6.61 Å². The zero-order chi connectivity index (χ0) is 24.2. The van der Waals surface area contributed by atoms with Crippen molar-refractivity contribution in [3.05, 3.63) is 93.1 Å². The Morgan fingerprint density at radius 2 is 1.88 bits per heavy atom. The monoisotopic (exact) mass is 495 g/mol. The first-order chi connectivity index (χ1) is 16.4. The molecule has 2 aliphatic heterocycles. The van der Waals surface area contributed by atoms with E-state index in [-0.39, 0.29) is 25.0 Å². The van der Waals surface area contributed by atoms with Crippen molar-refractivity contribution in [2.24, 2.45) is 4.99 Å². The average molecular weight is 496 g/mol. The van der Waals surface area contributed by atoms with Crippen LogP contribution in [0.5, 0.6) is 0 Å². The Bertz CT molecular complexity index is 1180. The molecule has 0 fully saturated rings. The number of esters is 1. The maximum atomic E-state index is 13.0. The lowest BCUT2D eigenvalue weighted by Crippen LogP contribution is -2.38. The molecule has 0 saturated heterocycles. The maximum absolute atomic E-state index is 13.0. The number of rotatable bonds is 7. The summed E-state index contributed by atoms with van der Waals surface area (Å²) in [4.78, 5) is 32.6. The third-order valence-corrected chi connectivity index (χ3v) is 6.84. The van der Waals surface area contributed by atoms with E-state index in [0.29, 0.717) is 16.3 Å². The van der Waals surface area contributed by atoms with Gasteiger partial charge in [-0.2, -0.15) is 0 Å². The van der Waals surface area contributed by atoms with E-state index in [0.717, 1.165) is 22.0 Å². The molecule has 176 valence electrons. The van der Waals surface area contributed by atoms with Gasteiger partial charge in [0.1, 0.15) is 0 Å². The van der Waals surface area contributed by atoms with Crippen LogP contribution in [0.15, 0.2) is 82.0 Å². The lowest BCUT2D eigenvalue weighted by molar-refractivity contribution is -0.139. The van der Waals surface area contributed by atoms with E-state index < -0.39 is 12.0 Å². The smallest absolute Gasteiger partial charge is 0.338 e. The van der Waals surface area contributed by atoms with Crippen LogP contribution in [-0.4, -0.2) is 28.6 Å². The fourth-order valence-electron chi connectivity index (χ4n) is 4.08. The number of halogens is 1. The number of amidine groups is 1. The highest BCUT2D eigenvalue weighted by atomic mass is 35.5. The molecule has 2 aromatic carbocycles. The number of nitrogens with one attached hydrogen (secondary N) is 1. The Morgan fingerprint density at radius 1 is 1.18 bits per heavy atom. The van der Waals surface area contributed by atoms with E-state index in [9.17, 15) is 9.59 Å². The van der Waals surface area contributed by atoms with Crippen LogP contribution in [0.4, 0.5) is 0 Å². The lowest BCUT2D eigenvalue weighted by atomic mass is 9.94. The van der Waals surface area contributed by atoms with Gasteiger partial charge in [0.15, 0.2) is 5.17 Å². The minimum Gasteiger partial charge on any atom is -0.463 e. The molecule has 0 bridgehead atoms. The van der Waals surface area contributed by atoms with E-state index in [2.05, 4.69) is 10.3 Å². The minimum atomic E-state index is -0.468. The van der Waals surface area contributed by atoms with Crippen molar-refractivity contribution in [2.45, 2.75) is 39.3 Å². The van der Waals surface area contributed by atoms with Gasteiger partial charge in [-0.3, -0.25) is 4.79 Å². The van der Waals surface area contributed by atoms with Crippen LogP contribution in [0, 0.1) is 0 Å². The van der Waals surface area contributed by atoms with E-state index in [1.165, 1.54) is 11.8 Å². The standard InChI is InChI=1S/C26H26ClN3O3S/c1-4-33-25(32)23-17(3)29-26-30(24(23)19-10-12-20(27)13-11-19)21(15-34-26)14-22(31)28-16(2)18-8-6-5-7-9-18/h5-13,15-16,24H,4,14H2,1-3H3,(H,28,31)/t16-,24+/m0/s1. The molecule has 2 aliphatic rings. The summed E-state index contributed by atoms with van der Waals surface area (Å²) >= 11 is 7.57. The van der Waals surface area contributed by atoms with Gasteiger partial charge in [0.2, 0.25) is 5.91 Å². The van der Waals surface area contributed by atoms with Crippen LogP contribution in [0.3, 0.4) is 0 Å². The second kappa shape index (κ2) is 10.5. The van der Waals surface area contributed by atoms with Gasteiger partial charge in [-0.1, -0.05) is 65.8 Å². The molecule has 1 N–H and O–H groups in total. The Morgan fingerprint density at radius 3 is 2.56 bits per heavy atom. The molecule has 4 rings (SSSR count). The Hall–Kier alpha value is -3.03. The number of allylic oxidation sites excluding steroid dienone is 1. The van der Waals surface area contributed by atoms with Gasteiger partial charge in [0.05, 0.1) is 36.4 Å². The van der Waals surface area contributed by atoms with Gasteiger partial charge in [0.25, 0.3) is 0 Å². The maximum Gasteiger partial charge on any atom is 0.338 e. The van der Waals surface area contributed by atoms with E-state index >= 15 is 0 Å². The molecule has 2 aromatic rings. The van der Waals surface area contributed by atoms with Crippen LogP contribution in [0.2, 0.25) is 5.02 Å². The molecule has 0 aliphatic carbocycles. The highest BCUT2D eigenvalue weighted by Gasteiger charge is 2.41. The molecular weight excluding hydrogens is 470 g/mol. The molecule has 0 spiro atoms.